The Kier molecular flexibility index (Phi) is 5.45. The summed E-state index contributed by atoms with van der Waals surface area (Å²) in [5, 5.41) is 4.60. The van der Waals surface area contributed by atoms with E-state index in [4.69, 9.17) is 44.3 Å². The third-order valence-corrected chi connectivity index (χ3v) is 3.94. The Morgan fingerprint density at radius 3 is 1.95 bits per heavy atom. The molecule has 0 aliphatic rings. The van der Waals surface area contributed by atoms with E-state index in [1.165, 1.54) is 0 Å². The molecule has 0 heterocycles. The molecule has 0 atom stereocenters. The van der Waals surface area contributed by atoms with Crippen molar-refractivity contribution < 1.29 is 9.47 Å². The molecule has 0 bridgehead atoms. The molecule has 0 amide bonds. The second-order valence-corrected chi connectivity index (χ2v) is 5.54. The molecule has 0 spiro atoms. The van der Waals surface area contributed by atoms with Gasteiger partial charge in [-0.2, -0.15) is 0 Å². The van der Waals surface area contributed by atoms with Crippen LogP contribution in [0.4, 0.5) is 5.69 Å². The van der Waals surface area contributed by atoms with Gasteiger partial charge >= 0.3 is 0 Å². The maximum Gasteiger partial charge on any atom is 0.122 e. The summed E-state index contributed by atoms with van der Waals surface area (Å²) in [6, 6.07) is 8.96. The summed E-state index contributed by atoms with van der Waals surface area (Å²) in [6.07, 6.45) is 0. The first-order valence-electron chi connectivity index (χ1n) is 6.14. The van der Waals surface area contributed by atoms with Gasteiger partial charge in [0.1, 0.15) is 11.5 Å². The fourth-order valence-corrected chi connectivity index (χ4v) is 2.44. The zero-order valence-electron chi connectivity index (χ0n) is 11.5. The Balaban J connectivity index is 2.18. The lowest BCUT2D eigenvalue weighted by atomic mass is 10.2. The molecule has 21 heavy (non-hydrogen) atoms. The Morgan fingerprint density at radius 2 is 1.38 bits per heavy atom. The predicted molar refractivity (Wildman–Crippen MR) is 88.3 cm³/mol. The molecule has 112 valence electrons. The average molecular weight is 347 g/mol. The number of hydrogen-bond acceptors (Lipinski definition) is 3. The number of ether oxygens (including phenoxy) is 2. The molecular weight excluding hydrogens is 333 g/mol. The van der Waals surface area contributed by atoms with Crippen LogP contribution in [0.25, 0.3) is 0 Å². The first kappa shape index (κ1) is 16.1. The molecule has 0 aliphatic heterocycles. The van der Waals surface area contributed by atoms with Gasteiger partial charge in [-0.1, -0.05) is 34.8 Å². The standard InChI is InChI=1S/C15H14Cl3NO2/c1-20-10-3-9(4-11(5-10)21-2)8-19-15-7-13(17)12(16)6-14(15)18/h3-7,19H,8H2,1-2H3. The van der Waals surface area contributed by atoms with Gasteiger partial charge < -0.3 is 14.8 Å². The fourth-order valence-electron chi connectivity index (χ4n) is 1.82. The highest BCUT2D eigenvalue weighted by molar-refractivity contribution is 6.44. The van der Waals surface area contributed by atoms with Crippen molar-refractivity contribution in [1.82, 2.24) is 0 Å². The molecule has 6 heteroatoms. The Hall–Kier alpha value is -1.29. The summed E-state index contributed by atoms with van der Waals surface area (Å²) in [4.78, 5) is 0. The molecule has 0 saturated carbocycles. The maximum atomic E-state index is 6.13. The summed E-state index contributed by atoms with van der Waals surface area (Å²) in [5.41, 5.74) is 1.71. The SMILES string of the molecule is COc1cc(CNc2cc(Cl)c(Cl)cc2Cl)cc(OC)c1. The van der Waals surface area contributed by atoms with Crippen LogP contribution in [0.3, 0.4) is 0 Å². The zero-order chi connectivity index (χ0) is 15.4. The van der Waals surface area contributed by atoms with Crippen molar-refractivity contribution in [2.75, 3.05) is 19.5 Å². The molecular formula is C15H14Cl3NO2. The largest absolute Gasteiger partial charge is 0.497 e. The van der Waals surface area contributed by atoms with Crippen LogP contribution in [-0.4, -0.2) is 14.2 Å². The first-order valence-corrected chi connectivity index (χ1v) is 7.27. The minimum absolute atomic E-state index is 0.426. The second-order valence-electron chi connectivity index (χ2n) is 4.32. The molecule has 3 nitrogen and oxygen atoms in total. The van der Waals surface area contributed by atoms with Crippen LogP contribution in [0, 0.1) is 0 Å². The number of nitrogens with one attached hydrogen (secondary N) is 1. The van der Waals surface area contributed by atoms with E-state index in [9.17, 15) is 0 Å². The second kappa shape index (κ2) is 7.12. The Bertz CT molecular complexity index is 625. The molecule has 1 N–H and O–H groups in total. The minimum atomic E-state index is 0.426. The van der Waals surface area contributed by atoms with Crippen molar-refractivity contribution >= 4 is 40.5 Å². The number of anilines is 1. The summed E-state index contributed by atoms with van der Waals surface area (Å²) in [6.45, 7) is 0.547. The van der Waals surface area contributed by atoms with Gasteiger partial charge in [-0.05, 0) is 29.8 Å². The lowest BCUT2D eigenvalue weighted by Crippen LogP contribution is -2.01. The van der Waals surface area contributed by atoms with Gasteiger partial charge in [0, 0.05) is 12.6 Å². The zero-order valence-corrected chi connectivity index (χ0v) is 13.8. The Morgan fingerprint density at radius 1 is 0.810 bits per heavy atom. The van der Waals surface area contributed by atoms with Gasteiger partial charge in [0.15, 0.2) is 0 Å². The van der Waals surface area contributed by atoms with Crippen molar-refractivity contribution in [3.63, 3.8) is 0 Å². The molecule has 0 aromatic heterocycles. The van der Waals surface area contributed by atoms with Crippen LogP contribution in [0.5, 0.6) is 11.5 Å². The third-order valence-electron chi connectivity index (χ3n) is 2.90. The molecule has 2 aromatic rings. The van der Waals surface area contributed by atoms with Crippen LogP contribution in [0.15, 0.2) is 30.3 Å². The number of methoxy groups -OCH3 is 2. The van der Waals surface area contributed by atoms with Crippen molar-refractivity contribution in [3.8, 4) is 11.5 Å². The summed E-state index contributed by atoms with van der Waals surface area (Å²) in [7, 11) is 3.23. The van der Waals surface area contributed by atoms with E-state index in [0.717, 1.165) is 17.1 Å². The van der Waals surface area contributed by atoms with Gasteiger partial charge in [0.05, 0.1) is 35.0 Å². The van der Waals surface area contributed by atoms with Gasteiger partial charge in [-0.15, -0.1) is 0 Å². The quantitative estimate of drug-likeness (QED) is 0.747. The van der Waals surface area contributed by atoms with Crippen LogP contribution in [0.1, 0.15) is 5.56 Å². The van der Waals surface area contributed by atoms with Crippen molar-refractivity contribution in [1.29, 1.82) is 0 Å². The van der Waals surface area contributed by atoms with Crippen LogP contribution in [0.2, 0.25) is 15.1 Å². The van der Waals surface area contributed by atoms with E-state index in [1.807, 2.05) is 18.2 Å². The highest BCUT2D eigenvalue weighted by Crippen LogP contribution is 2.32. The highest BCUT2D eigenvalue weighted by atomic mass is 35.5. The molecule has 0 radical (unpaired) electrons. The number of rotatable bonds is 5. The molecule has 0 fully saturated rings. The van der Waals surface area contributed by atoms with Crippen LogP contribution < -0.4 is 14.8 Å². The summed E-state index contributed by atoms with van der Waals surface area (Å²) < 4.78 is 10.5. The number of hydrogen-bond donors (Lipinski definition) is 1. The number of benzene rings is 2. The molecule has 2 rings (SSSR count). The molecule has 2 aromatic carbocycles. The summed E-state index contributed by atoms with van der Waals surface area (Å²) in [5.74, 6) is 1.46. The minimum Gasteiger partial charge on any atom is -0.497 e. The molecule has 0 unspecified atom stereocenters. The van der Waals surface area contributed by atoms with Gasteiger partial charge in [0.25, 0.3) is 0 Å². The smallest absolute Gasteiger partial charge is 0.122 e. The van der Waals surface area contributed by atoms with Gasteiger partial charge in [-0.3, -0.25) is 0 Å². The number of halogens is 3. The average Bonchev–Trinajstić information content (AvgIpc) is 2.49. The summed E-state index contributed by atoms with van der Waals surface area (Å²) >= 11 is 18.0. The highest BCUT2D eigenvalue weighted by Gasteiger charge is 2.07. The van der Waals surface area contributed by atoms with E-state index in [2.05, 4.69) is 5.32 Å². The Labute approximate surface area is 138 Å². The van der Waals surface area contributed by atoms with Crippen LogP contribution >= 0.6 is 34.8 Å². The van der Waals surface area contributed by atoms with Crippen molar-refractivity contribution in [2.45, 2.75) is 6.54 Å². The maximum absolute atomic E-state index is 6.13. The third kappa shape index (κ3) is 4.10. The van der Waals surface area contributed by atoms with E-state index in [1.54, 1.807) is 26.4 Å². The topological polar surface area (TPSA) is 30.5 Å². The van der Waals surface area contributed by atoms with E-state index >= 15 is 0 Å². The van der Waals surface area contributed by atoms with Gasteiger partial charge in [0.2, 0.25) is 0 Å². The van der Waals surface area contributed by atoms with Crippen LogP contribution in [-0.2, 0) is 6.54 Å². The normalized spacial score (nSPS) is 10.3. The van der Waals surface area contributed by atoms with E-state index in [-0.39, 0.29) is 0 Å². The molecule has 0 aliphatic carbocycles. The van der Waals surface area contributed by atoms with Gasteiger partial charge in [-0.25, -0.2) is 0 Å². The molecule has 0 saturated heterocycles. The lowest BCUT2D eigenvalue weighted by Gasteiger charge is -2.12. The van der Waals surface area contributed by atoms with Crippen molar-refractivity contribution in [2.24, 2.45) is 0 Å². The monoisotopic (exact) mass is 345 g/mol. The predicted octanol–water partition coefficient (Wildman–Crippen LogP) is 5.28. The fraction of sp³-hybridized carbons (Fsp3) is 0.200. The van der Waals surface area contributed by atoms with E-state index in [0.29, 0.717) is 27.3 Å². The lowest BCUT2D eigenvalue weighted by molar-refractivity contribution is 0.393. The van der Waals surface area contributed by atoms with Crippen molar-refractivity contribution in [3.05, 3.63) is 51.0 Å². The first-order chi connectivity index (χ1) is 10.0. The van der Waals surface area contributed by atoms with E-state index < -0.39 is 0 Å².